The minimum atomic E-state index is -7.24. The van der Waals surface area contributed by atoms with Crippen molar-refractivity contribution in [2.45, 2.75) is 118 Å². The van der Waals surface area contributed by atoms with E-state index in [4.69, 9.17) is 0 Å². The van der Waals surface area contributed by atoms with Gasteiger partial charge in [0.2, 0.25) is 0 Å². The highest BCUT2D eigenvalue weighted by Crippen LogP contribution is 2.54. The zero-order chi connectivity index (χ0) is 35.2. The topological polar surface area (TPSA) is 58.2 Å². The number of amides is 2. The molecule has 2 aliphatic rings. The maximum Gasteiger partial charge on any atom is 0.460 e. The van der Waals surface area contributed by atoms with E-state index in [-0.39, 0.29) is 63.2 Å². The van der Waals surface area contributed by atoms with Crippen molar-refractivity contribution in [2.75, 3.05) is 0 Å². The number of alkyl halides is 18. The summed E-state index contributed by atoms with van der Waals surface area (Å²) in [5.41, 5.74) is 0. The molecule has 0 aromatic heterocycles. The van der Waals surface area contributed by atoms with Gasteiger partial charge < -0.3 is 10.6 Å². The Labute approximate surface area is 241 Å². The van der Waals surface area contributed by atoms with Crippen LogP contribution in [0.15, 0.2) is 0 Å². The second-order valence-electron chi connectivity index (χ2n) is 11.1. The second kappa shape index (κ2) is 12.4. The molecule has 0 radical (unpaired) electrons. The first-order valence-corrected chi connectivity index (χ1v) is 13.0. The molecule has 2 rings (SSSR count). The molecule has 0 aromatic carbocycles. The summed E-state index contributed by atoms with van der Waals surface area (Å²) in [5, 5.41) is 2.69. The number of nitrogens with one attached hydrogen (secondary N) is 2. The predicted octanol–water partition coefficient (Wildman–Crippen LogP) is 7.66. The van der Waals surface area contributed by atoms with E-state index in [1.165, 1.54) is 10.6 Å². The molecular formula is C23H24F18N2O2. The Morgan fingerprint density at radius 2 is 0.667 bits per heavy atom. The zero-order valence-electron chi connectivity index (χ0n) is 22.3. The normalized spacial score (nSPS) is 25.1. The molecule has 2 fully saturated rings. The number of hydrogen-bond donors (Lipinski definition) is 2. The number of carbonyl (C=O) groups excluding carboxylic acids is 2. The lowest BCUT2D eigenvalue weighted by atomic mass is 9.75. The first-order chi connectivity index (χ1) is 19.9. The summed E-state index contributed by atoms with van der Waals surface area (Å²) in [6, 6.07) is -2.60. The van der Waals surface area contributed by atoms with Gasteiger partial charge in [0.05, 0.1) is 0 Å². The number of carbonyl (C=O) groups is 2. The van der Waals surface area contributed by atoms with E-state index in [1.54, 1.807) is 0 Å². The van der Waals surface area contributed by atoms with Crippen LogP contribution in [-0.4, -0.2) is 71.8 Å². The molecule has 22 heteroatoms. The van der Waals surface area contributed by atoms with Gasteiger partial charge in [-0.3, -0.25) is 9.59 Å². The van der Waals surface area contributed by atoms with Gasteiger partial charge in [-0.25, -0.2) is 0 Å². The molecule has 0 unspecified atom stereocenters. The number of halogens is 18. The average Bonchev–Trinajstić information content (AvgIpc) is 2.89. The third-order valence-corrected chi connectivity index (χ3v) is 7.89. The quantitative estimate of drug-likeness (QED) is 0.230. The van der Waals surface area contributed by atoms with E-state index in [0.717, 1.165) is 0 Å². The maximum absolute atomic E-state index is 13.8. The highest BCUT2D eigenvalue weighted by atomic mass is 19.4. The average molecular weight is 702 g/mol. The van der Waals surface area contributed by atoms with Crippen LogP contribution in [0.1, 0.15) is 57.8 Å². The molecule has 0 saturated heterocycles. The van der Waals surface area contributed by atoms with Crippen molar-refractivity contribution in [1.29, 1.82) is 0 Å². The second-order valence-corrected chi connectivity index (χ2v) is 11.1. The molecule has 2 amide bonds. The Morgan fingerprint density at radius 3 is 0.889 bits per heavy atom. The largest absolute Gasteiger partial charge is 0.460 e. The van der Waals surface area contributed by atoms with E-state index in [0.29, 0.717) is 6.42 Å². The van der Waals surface area contributed by atoms with Crippen LogP contribution in [0.3, 0.4) is 0 Å². The highest BCUT2D eigenvalue weighted by Gasteiger charge is 2.85. The van der Waals surface area contributed by atoms with Crippen LogP contribution in [0.4, 0.5) is 79.0 Å². The van der Waals surface area contributed by atoms with Crippen LogP contribution in [-0.2, 0) is 9.59 Å². The first-order valence-electron chi connectivity index (χ1n) is 13.0. The molecule has 264 valence electrons. The molecule has 0 aromatic rings. The van der Waals surface area contributed by atoms with Crippen molar-refractivity contribution < 1.29 is 88.6 Å². The monoisotopic (exact) mass is 702 g/mol. The van der Waals surface area contributed by atoms with Gasteiger partial charge in [-0.1, -0.05) is 0 Å². The van der Waals surface area contributed by atoms with Crippen molar-refractivity contribution in [3.05, 3.63) is 0 Å². The van der Waals surface area contributed by atoms with Gasteiger partial charge in [0, 0.05) is 12.1 Å². The van der Waals surface area contributed by atoms with Crippen LogP contribution in [0.5, 0.6) is 0 Å². The number of hydrogen-bond acceptors (Lipinski definition) is 2. The van der Waals surface area contributed by atoms with Crippen molar-refractivity contribution in [3.63, 3.8) is 0 Å². The third kappa shape index (κ3) is 7.17. The van der Waals surface area contributed by atoms with Gasteiger partial charge in [-0.05, 0) is 69.6 Å². The van der Waals surface area contributed by atoms with Gasteiger partial charge in [-0.15, -0.1) is 0 Å². The lowest BCUT2D eigenvalue weighted by Crippen LogP contribution is -2.66. The minimum absolute atomic E-state index is 0.108. The Hall–Kier alpha value is -2.32. The van der Waals surface area contributed by atoms with E-state index in [2.05, 4.69) is 0 Å². The molecule has 0 bridgehead atoms. The Morgan fingerprint density at radius 1 is 0.422 bits per heavy atom. The molecular weight excluding hydrogens is 678 g/mol. The smallest absolute Gasteiger partial charge is 0.348 e. The fourth-order valence-electron chi connectivity index (χ4n) is 5.14. The molecule has 45 heavy (non-hydrogen) atoms. The summed E-state index contributed by atoms with van der Waals surface area (Å²) < 4.78 is 234. The SMILES string of the molecule is O=C(NC1CCC(CC2CCC(NC(=O)C(F)(F)C(F)(F)C(F)(F)C(F)(F)F)CC2)CC1)C(F)(F)C(F)(F)C(F)(F)C(F)(F)F. The van der Waals surface area contributed by atoms with E-state index >= 15 is 0 Å². The summed E-state index contributed by atoms with van der Waals surface area (Å²) >= 11 is 0. The van der Waals surface area contributed by atoms with Crippen molar-refractivity contribution in [2.24, 2.45) is 11.8 Å². The van der Waals surface area contributed by atoms with Crippen LogP contribution >= 0.6 is 0 Å². The van der Waals surface area contributed by atoms with Crippen molar-refractivity contribution in [3.8, 4) is 0 Å². The van der Waals surface area contributed by atoms with Crippen molar-refractivity contribution >= 4 is 11.8 Å². The van der Waals surface area contributed by atoms with Gasteiger partial charge in [-0.2, -0.15) is 79.0 Å². The van der Waals surface area contributed by atoms with E-state index < -0.39 is 71.8 Å². The van der Waals surface area contributed by atoms with Crippen LogP contribution in [0.2, 0.25) is 0 Å². The first kappa shape index (κ1) is 38.9. The molecule has 2 N–H and O–H groups in total. The fraction of sp³-hybridized carbons (Fsp3) is 0.913. The lowest BCUT2D eigenvalue weighted by molar-refractivity contribution is -0.388. The van der Waals surface area contributed by atoms with E-state index in [1.807, 2.05) is 0 Å². The van der Waals surface area contributed by atoms with Gasteiger partial charge in [0.1, 0.15) is 0 Å². The van der Waals surface area contributed by atoms with Crippen LogP contribution in [0.25, 0.3) is 0 Å². The summed E-state index contributed by atoms with van der Waals surface area (Å²) in [5.74, 6) is -48.2. The summed E-state index contributed by atoms with van der Waals surface area (Å²) in [4.78, 5) is 23.2. The molecule has 2 saturated carbocycles. The summed E-state index contributed by atoms with van der Waals surface area (Å²) in [6.07, 6.45) is -14.2. The lowest BCUT2D eigenvalue weighted by Gasteiger charge is -2.37. The highest BCUT2D eigenvalue weighted by molar-refractivity contribution is 5.85. The molecule has 4 nitrogen and oxygen atoms in total. The van der Waals surface area contributed by atoms with E-state index in [9.17, 15) is 88.6 Å². The minimum Gasteiger partial charge on any atom is -0.348 e. The van der Waals surface area contributed by atoms with Gasteiger partial charge in [0.15, 0.2) is 0 Å². The van der Waals surface area contributed by atoms with Crippen LogP contribution < -0.4 is 10.6 Å². The third-order valence-electron chi connectivity index (χ3n) is 7.89. The molecule has 0 aliphatic heterocycles. The number of rotatable bonds is 10. The Bertz CT molecular complexity index is 973. The molecule has 0 spiro atoms. The summed E-state index contributed by atoms with van der Waals surface area (Å²) in [6.45, 7) is 0. The fourth-order valence-corrected chi connectivity index (χ4v) is 5.14. The predicted molar refractivity (Wildman–Crippen MR) is 114 cm³/mol. The Kier molecular flexibility index (Phi) is 10.7. The maximum atomic E-state index is 13.8. The van der Waals surface area contributed by atoms with Crippen molar-refractivity contribution in [1.82, 2.24) is 10.6 Å². The standard InChI is InChI=1S/C23H24F18N2O2/c24-16(25,18(28,29)20(32,33)22(36,37)38)14(44)42-12-5-1-10(2-6-12)9-11-3-7-13(8-4-11)43-15(45)17(26,27)19(30,31)21(34,35)23(39,40)41/h10-13H,1-9H2,(H,42,44)(H,43,45). The van der Waals surface area contributed by atoms with Gasteiger partial charge >= 0.3 is 47.9 Å². The zero-order valence-corrected chi connectivity index (χ0v) is 22.3. The Balaban J connectivity index is 1.87. The summed E-state index contributed by atoms with van der Waals surface area (Å²) in [7, 11) is 0. The van der Waals surface area contributed by atoms with Gasteiger partial charge in [0.25, 0.3) is 11.8 Å². The molecule has 0 atom stereocenters. The molecule has 2 aliphatic carbocycles. The molecule has 0 heterocycles. The van der Waals surface area contributed by atoms with Crippen LogP contribution in [0, 0.1) is 11.8 Å².